The van der Waals surface area contributed by atoms with Crippen molar-refractivity contribution in [3.8, 4) is 22.6 Å². The predicted molar refractivity (Wildman–Crippen MR) is 137 cm³/mol. The summed E-state index contributed by atoms with van der Waals surface area (Å²) >= 11 is 14.9. The van der Waals surface area contributed by atoms with Gasteiger partial charge in [-0.25, -0.2) is 4.98 Å². The van der Waals surface area contributed by atoms with Gasteiger partial charge >= 0.3 is 0 Å². The quantitative estimate of drug-likeness (QED) is 0.211. The summed E-state index contributed by atoms with van der Waals surface area (Å²) in [6.45, 7) is 6.40. The smallest absolute Gasteiger partial charge is 0.236 e. The highest BCUT2D eigenvalue weighted by molar-refractivity contribution is 7.99. The van der Waals surface area contributed by atoms with Crippen molar-refractivity contribution in [1.82, 2.24) is 19.7 Å². The van der Waals surface area contributed by atoms with E-state index in [1.807, 2.05) is 41.1 Å². The maximum absolute atomic E-state index is 12.6. The van der Waals surface area contributed by atoms with Crippen LogP contribution in [0.2, 0.25) is 10.0 Å². The number of thiazole rings is 1. The minimum atomic E-state index is -0.186. The number of carbonyl (C=O) groups excluding carboxylic acids is 1. The Hall–Kier alpha value is -2.65. The fraction of sp³-hybridized carbons (Fsp3) is 0.130. The van der Waals surface area contributed by atoms with Crippen molar-refractivity contribution in [2.75, 3.05) is 11.1 Å². The largest absolute Gasteiger partial charge is 0.301 e. The van der Waals surface area contributed by atoms with Gasteiger partial charge in [-0.05, 0) is 30.7 Å². The van der Waals surface area contributed by atoms with E-state index in [1.165, 1.54) is 23.1 Å². The Balaban J connectivity index is 1.44. The van der Waals surface area contributed by atoms with E-state index in [1.54, 1.807) is 24.3 Å². The first-order valence-electron chi connectivity index (χ1n) is 9.90. The number of carbonyl (C=O) groups is 1. The number of aryl methyl sites for hydroxylation is 1. The molecule has 6 nitrogen and oxygen atoms in total. The molecule has 2 aromatic heterocycles. The number of hydrogen-bond acceptors (Lipinski definition) is 6. The summed E-state index contributed by atoms with van der Waals surface area (Å²) in [5, 5.41) is 15.5. The van der Waals surface area contributed by atoms with Crippen LogP contribution in [-0.2, 0) is 11.3 Å². The number of hydrogen-bond donors (Lipinski definition) is 1. The fourth-order valence-electron chi connectivity index (χ4n) is 3.15. The highest BCUT2D eigenvalue weighted by atomic mass is 35.5. The fourth-order valence-corrected chi connectivity index (χ4v) is 5.13. The van der Waals surface area contributed by atoms with Crippen molar-refractivity contribution >= 4 is 57.3 Å². The third kappa shape index (κ3) is 5.47. The molecule has 4 rings (SSSR count). The molecule has 0 unspecified atom stereocenters. The molecule has 0 saturated heterocycles. The van der Waals surface area contributed by atoms with Gasteiger partial charge in [0.2, 0.25) is 5.91 Å². The zero-order chi connectivity index (χ0) is 23.4. The lowest BCUT2D eigenvalue weighted by molar-refractivity contribution is -0.113. The number of nitrogens with one attached hydrogen (secondary N) is 1. The standard InChI is InChI=1S/C23H19Cl2N5OS2/c1-3-10-30-21(16-7-5-4-6-14(16)2)28-29-23(30)33-13-20(31)27-22-26-19(12-32-22)17-9-8-15(24)11-18(17)25/h3-9,11-12H,1,10,13H2,2H3,(H,26,27,31). The monoisotopic (exact) mass is 515 g/mol. The summed E-state index contributed by atoms with van der Waals surface area (Å²) in [4.78, 5) is 17.0. The summed E-state index contributed by atoms with van der Waals surface area (Å²) < 4.78 is 1.96. The molecule has 0 saturated carbocycles. The maximum atomic E-state index is 12.6. The molecule has 168 valence electrons. The Morgan fingerprint density at radius 3 is 2.79 bits per heavy atom. The van der Waals surface area contributed by atoms with Gasteiger partial charge in [0, 0.05) is 28.1 Å². The molecule has 0 radical (unpaired) electrons. The summed E-state index contributed by atoms with van der Waals surface area (Å²) in [5.41, 5.74) is 3.54. The number of amides is 1. The van der Waals surface area contributed by atoms with Crippen molar-refractivity contribution in [3.63, 3.8) is 0 Å². The molecule has 0 atom stereocenters. The van der Waals surface area contributed by atoms with E-state index >= 15 is 0 Å². The normalized spacial score (nSPS) is 10.9. The van der Waals surface area contributed by atoms with Gasteiger partial charge in [-0.1, -0.05) is 65.3 Å². The Labute approximate surface area is 209 Å². The Kier molecular flexibility index (Phi) is 7.49. The third-order valence-corrected chi connectivity index (χ3v) is 6.98. The van der Waals surface area contributed by atoms with E-state index < -0.39 is 0 Å². The van der Waals surface area contributed by atoms with Crippen molar-refractivity contribution < 1.29 is 4.79 Å². The zero-order valence-corrected chi connectivity index (χ0v) is 20.7. The lowest BCUT2D eigenvalue weighted by atomic mass is 10.1. The number of aromatic nitrogens is 4. The molecular weight excluding hydrogens is 497 g/mol. The minimum absolute atomic E-state index is 0.166. The number of allylic oxidation sites excluding steroid dienone is 1. The predicted octanol–water partition coefficient (Wildman–Crippen LogP) is 6.60. The van der Waals surface area contributed by atoms with Crippen LogP contribution in [0, 0.1) is 6.92 Å². The number of anilines is 1. The second kappa shape index (κ2) is 10.5. The van der Waals surface area contributed by atoms with E-state index in [-0.39, 0.29) is 11.7 Å². The highest BCUT2D eigenvalue weighted by Crippen LogP contribution is 2.32. The Morgan fingerprint density at radius 1 is 1.21 bits per heavy atom. The van der Waals surface area contributed by atoms with E-state index in [2.05, 4.69) is 27.1 Å². The van der Waals surface area contributed by atoms with E-state index in [9.17, 15) is 4.79 Å². The van der Waals surface area contributed by atoms with Crippen molar-refractivity contribution in [3.05, 3.63) is 76.1 Å². The highest BCUT2D eigenvalue weighted by Gasteiger charge is 2.17. The average molecular weight is 516 g/mol. The SMILES string of the molecule is C=CCn1c(SCC(=O)Nc2nc(-c3ccc(Cl)cc3Cl)cs2)nnc1-c1ccccc1C. The van der Waals surface area contributed by atoms with Crippen LogP contribution in [0.15, 0.2) is 65.7 Å². The molecule has 2 heterocycles. The summed E-state index contributed by atoms with van der Waals surface area (Å²) in [6.07, 6.45) is 1.79. The second-order valence-corrected chi connectivity index (χ2v) is 9.66. The molecule has 2 aromatic carbocycles. The van der Waals surface area contributed by atoms with Crippen LogP contribution < -0.4 is 5.32 Å². The summed E-state index contributed by atoms with van der Waals surface area (Å²) in [7, 11) is 0. The molecule has 4 aromatic rings. The Morgan fingerprint density at radius 2 is 2.03 bits per heavy atom. The lowest BCUT2D eigenvalue weighted by Crippen LogP contribution is -2.14. The molecular formula is C23H19Cl2N5OS2. The summed E-state index contributed by atoms with van der Waals surface area (Å²) in [6, 6.07) is 13.2. The molecule has 0 spiro atoms. The molecule has 0 fully saturated rings. The molecule has 0 aliphatic rings. The molecule has 33 heavy (non-hydrogen) atoms. The first-order chi connectivity index (χ1) is 16.0. The number of nitrogens with zero attached hydrogens (tertiary/aromatic N) is 4. The van der Waals surface area contributed by atoms with Crippen LogP contribution in [0.3, 0.4) is 0 Å². The minimum Gasteiger partial charge on any atom is -0.301 e. The van der Waals surface area contributed by atoms with Gasteiger partial charge in [0.05, 0.1) is 16.5 Å². The summed E-state index contributed by atoms with van der Waals surface area (Å²) in [5.74, 6) is 0.730. The topological polar surface area (TPSA) is 72.7 Å². The molecule has 1 amide bonds. The van der Waals surface area contributed by atoms with Gasteiger partial charge in [-0.15, -0.1) is 28.1 Å². The number of rotatable bonds is 8. The van der Waals surface area contributed by atoms with Crippen molar-refractivity contribution in [2.45, 2.75) is 18.6 Å². The van der Waals surface area contributed by atoms with Crippen molar-refractivity contribution in [2.24, 2.45) is 0 Å². The number of thioether (sulfide) groups is 1. The number of halogens is 2. The Bertz CT molecular complexity index is 1320. The van der Waals surface area contributed by atoms with E-state index in [4.69, 9.17) is 23.2 Å². The van der Waals surface area contributed by atoms with E-state index in [0.29, 0.717) is 32.6 Å². The van der Waals surface area contributed by atoms with Gasteiger partial charge in [0.25, 0.3) is 0 Å². The second-order valence-electron chi connectivity index (χ2n) is 7.02. The number of benzene rings is 2. The molecule has 1 N–H and O–H groups in total. The third-order valence-electron chi connectivity index (χ3n) is 4.70. The van der Waals surface area contributed by atoms with Crippen LogP contribution in [-0.4, -0.2) is 31.4 Å². The van der Waals surface area contributed by atoms with Crippen LogP contribution in [0.25, 0.3) is 22.6 Å². The molecule has 0 bridgehead atoms. The van der Waals surface area contributed by atoms with Gasteiger partial charge in [0.15, 0.2) is 16.1 Å². The molecule has 10 heteroatoms. The van der Waals surface area contributed by atoms with Gasteiger partial charge in [-0.3, -0.25) is 9.36 Å². The van der Waals surface area contributed by atoms with Gasteiger partial charge in [-0.2, -0.15) is 0 Å². The maximum Gasteiger partial charge on any atom is 0.236 e. The average Bonchev–Trinajstić information content (AvgIpc) is 3.40. The first-order valence-corrected chi connectivity index (χ1v) is 12.5. The van der Waals surface area contributed by atoms with Gasteiger partial charge < -0.3 is 5.32 Å². The zero-order valence-electron chi connectivity index (χ0n) is 17.6. The van der Waals surface area contributed by atoms with E-state index in [0.717, 1.165) is 22.5 Å². The van der Waals surface area contributed by atoms with Crippen LogP contribution in [0.5, 0.6) is 0 Å². The molecule has 0 aliphatic carbocycles. The molecule has 0 aliphatic heterocycles. The first kappa shape index (κ1) is 23.5. The van der Waals surface area contributed by atoms with Crippen LogP contribution in [0.4, 0.5) is 5.13 Å². The van der Waals surface area contributed by atoms with Gasteiger partial charge in [0.1, 0.15) is 0 Å². The van der Waals surface area contributed by atoms with Crippen LogP contribution >= 0.6 is 46.3 Å². The van der Waals surface area contributed by atoms with Crippen LogP contribution in [0.1, 0.15) is 5.56 Å². The van der Waals surface area contributed by atoms with Crippen molar-refractivity contribution in [1.29, 1.82) is 0 Å². The lowest BCUT2D eigenvalue weighted by Gasteiger charge is -2.09.